The van der Waals surface area contributed by atoms with Crippen LogP contribution in [0, 0.1) is 0 Å². The van der Waals surface area contributed by atoms with Crippen LogP contribution in [0.25, 0.3) is 11.3 Å². The fourth-order valence-corrected chi connectivity index (χ4v) is 4.19. The monoisotopic (exact) mass is 489 g/mol. The molecule has 3 N–H and O–H groups in total. The highest BCUT2D eigenvalue weighted by Crippen LogP contribution is 2.38. The number of nitrogens with one attached hydrogen (secondary N) is 2. The molecule has 1 aliphatic rings. The third-order valence-electron chi connectivity index (χ3n) is 6.06. The van der Waals surface area contributed by atoms with Crippen LogP contribution in [0.15, 0.2) is 66.7 Å². The van der Waals surface area contributed by atoms with Crippen molar-refractivity contribution in [2.75, 3.05) is 24.2 Å². The Kier molecular flexibility index (Phi) is 7.54. The predicted molar refractivity (Wildman–Crippen MR) is 141 cm³/mol. The van der Waals surface area contributed by atoms with E-state index in [2.05, 4.69) is 41.6 Å². The lowest BCUT2D eigenvalue weighted by Crippen LogP contribution is -2.16. The molecular formula is C28H28ClN3O3. The van der Waals surface area contributed by atoms with Crippen LogP contribution in [-0.2, 0) is 22.6 Å². The second-order valence-electron chi connectivity index (χ2n) is 8.64. The first-order valence-electron chi connectivity index (χ1n) is 11.5. The Bertz CT molecular complexity index is 1270. The Morgan fingerprint density at radius 2 is 1.71 bits per heavy atom. The minimum Gasteiger partial charge on any atom is -0.481 e. The number of aryl methyl sites for hydroxylation is 1. The van der Waals surface area contributed by atoms with Crippen LogP contribution in [0.5, 0.6) is 0 Å². The summed E-state index contributed by atoms with van der Waals surface area (Å²) in [6.45, 7) is 3.95. The third kappa shape index (κ3) is 5.91. The number of anilines is 2. The van der Waals surface area contributed by atoms with Crippen molar-refractivity contribution in [2.24, 2.45) is 0 Å². The van der Waals surface area contributed by atoms with Crippen LogP contribution < -0.4 is 10.6 Å². The molecule has 0 radical (unpaired) electrons. The lowest BCUT2D eigenvalue weighted by Gasteiger charge is -2.17. The second kappa shape index (κ2) is 10.8. The van der Waals surface area contributed by atoms with E-state index in [0.29, 0.717) is 28.4 Å². The van der Waals surface area contributed by atoms with Gasteiger partial charge in [-0.15, -0.1) is 0 Å². The third-order valence-corrected chi connectivity index (χ3v) is 6.30. The number of hydrogen-bond donors (Lipinski definition) is 3. The number of fused-ring (bicyclic) bond motifs is 1. The van der Waals surface area contributed by atoms with Crippen LogP contribution in [0.4, 0.5) is 11.4 Å². The van der Waals surface area contributed by atoms with E-state index < -0.39 is 5.97 Å². The van der Waals surface area contributed by atoms with E-state index in [1.165, 1.54) is 5.56 Å². The van der Waals surface area contributed by atoms with Crippen molar-refractivity contribution in [3.63, 3.8) is 0 Å². The topological polar surface area (TPSA) is 81.7 Å². The molecule has 4 rings (SSSR count). The number of carbonyl (C=O) groups excluding carboxylic acids is 1. The molecule has 180 valence electrons. The van der Waals surface area contributed by atoms with Crippen LogP contribution in [0.2, 0.25) is 5.02 Å². The number of carboxylic acids is 1. The smallest absolute Gasteiger partial charge is 0.303 e. The van der Waals surface area contributed by atoms with Gasteiger partial charge >= 0.3 is 5.97 Å². The summed E-state index contributed by atoms with van der Waals surface area (Å²) in [6, 6.07) is 21.2. The second-order valence-corrected chi connectivity index (χ2v) is 9.07. The summed E-state index contributed by atoms with van der Waals surface area (Å²) in [5.74, 6) is -1.04. The maximum atomic E-state index is 13.1. The van der Waals surface area contributed by atoms with E-state index in [1.54, 1.807) is 12.1 Å². The van der Waals surface area contributed by atoms with Crippen molar-refractivity contribution in [1.29, 1.82) is 0 Å². The molecule has 3 aromatic carbocycles. The summed E-state index contributed by atoms with van der Waals surface area (Å²) < 4.78 is 0. The molecule has 0 aliphatic carbocycles. The van der Waals surface area contributed by atoms with Crippen molar-refractivity contribution in [2.45, 2.75) is 26.3 Å². The van der Waals surface area contributed by atoms with Gasteiger partial charge in [0, 0.05) is 29.2 Å². The van der Waals surface area contributed by atoms with Crippen LogP contribution in [0.1, 0.15) is 35.6 Å². The molecule has 0 saturated carbocycles. The number of amides is 1. The summed E-state index contributed by atoms with van der Waals surface area (Å²) in [7, 11) is 2.08. The normalized spacial score (nSPS) is 14.0. The molecule has 7 heteroatoms. The van der Waals surface area contributed by atoms with Crippen molar-refractivity contribution in [3.05, 3.63) is 94.0 Å². The average molecular weight is 490 g/mol. The van der Waals surface area contributed by atoms with Gasteiger partial charge in [-0.3, -0.25) is 9.59 Å². The molecule has 0 spiro atoms. The van der Waals surface area contributed by atoms with Crippen molar-refractivity contribution in [1.82, 2.24) is 4.90 Å². The summed E-state index contributed by atoms with van der Waals surface area (Å²) in [5.41, 5.74) is 6.47. The molecule has 0 saturated heterocycles. The number of carboxylic acid groups (broad SMARTS) is 1. The molecule has 35 heavy (non-hydrogen) atoms. The van der Waals surface area contributed by atoms with Crippen LogP contribution in [0.3, 0.4) is 0 Å². The molecular weight excluding hydrogens is 462 g/mol. The fraction of sp³-hybridized carbons (Fsp3) is 0.214. The van der Waals surface area contributed by atoms with E-state index >= 15 is 0 Å². The van der Waals surface area contributed by atoms with Gasteiger partial charge < -0.3 is 20.6 Å². The molecule has 6 nitrogen and oxygen atoms in total. The number of benzene rings is 3. The zero-order chi connectivity index (χ0) is 24.9. The lowest BCUT2D eigenvalue weighted by molar-refractivity contribution is -0.137. The molecule has 1 amide bonds. The number of halogens is 1. The number of nitrogens with zero attached hydrogens (tertiary/aromatic N) is 1. The van der Waals surface area contributed by atoms with Crippen molar-refractivity contribution >= 4 is 46.1 Å². The largest absolute Gasteiger partial charge is 0.481 e. The fourth-order valence-electron chi connectivity index (χ4n) is 4.02. The maximum Gasteiger partial charge on any atom is 0.303 e. The van der Waals surface area contributed by atoms with Gasteiger partial charge in [0.1, 0.15) is 0 Å². The number of carbonyl (C=O) groups is 2. The Labute approximate surface area is 210 Å². The summed E-state index contributed by atoms with van der Waals surface area (Å²) in [6.07, 6.45) is 0.520. The van der Waals surface area contributed by atoms with Gasteiger partial charge in [-0.2, -0.15) is 0 Å². The predicted octanol–water partition coefficient (Wildman–Crippen LogP) is 5.74. The van der Waals surface area contributed by atoms with E-state index in [9.17, 15) is 9.59 Å². The molecule has 1 heterocycles. The highest BCUT2D eigenvalue weighted by molar-refractivity contribution is 6.38. The molecule has 0 unspecified atom stereocenters. The average Bonchev–Trinajstić information content (AvgIpc) is 3.17. The van der Waals surface area contributed by atoms with Crippen LogP contribution in [-0.4, -0.2) is 35.5 Å². The number of aliphatic carboxylic acids is 1. The molecule has 0 aromatic heterocycles. The van der Waals surface area contributed by atoms with Gasteiger partial charge in [-0.25, -0.2) is 0 Å². The summed E-state index contributed by atoms with van der Waals surface area (Å²) in [5, 5.41) is 15.9. The first-order valence-corrected chi connectivity index (χ1v) is 11.9. The van der Waals surface area contributed by atoms with Gasteiger partial charge in [-0.05, 0) is 61.0 Å². The Balaban J connectivity index is 1.72. The molecule has 0 fully saturated rings. The summed E-state index contributed by atoms with van der Waals surface area (Å²) >= 11 is 6.15. The minimum absolute atomic E-state index is 0.0711. The van der Waals surface area contributed by atoms with Gasteiger partial charge in [0.2, 0.25) is 0 Å². The molecule has 1 aliphatic heterocycles. The Hall–Kier alpha value is -3.61. The standard InChI is InChI=1S/C28H28ClN3O3/c1-3-32(2)17-19-6-12-22(13-7-19)30-27(20-9-4-18(5-10-20)8-15-25(33)34)26-23-14-11-21(29)16-24(23)31-28(26)35/h4-7,9-14,16,30H,3,8,15,17H2,1-2H3,(H,31,35)(H,33,34)/b27-26-. The van der Waals surface area contributed by atoms with Gasteiger partial charge in [-0.1, -0.05) is 61.0 Å². The van der Waals surface area contributed by atoms with E-state index in [0.717, 1.165) is 35.5 Å². The highest BCUT2D eigenvalue weighted by atomic mass is 35.5. The maximum absolute atomic E-state index is 13.1. The number of rotatable bonds is 9. The first kappa shape index (κ1) is 24.5. The molecule has 3 aromatic rings. The quantitative estimate of drug-likeness (QED) is 0.334. The van der Waals surface area contributed by atoms with Crippen molar-refractivity contribution in [3.8, 4) is 0 Å². The zero-order valence-electron chi connectivity index (χ0n) is 19.8. The lowest BCUT2D eigenvalue weighted by atomic mass is 9.98. The molecule has 0 bridgehead atoms. The Morgan fingerprint density at radius 1 is 1.03 bits per heavy atom. The zero-order valence-corrected chi connectivity index (χ0v) is 20.5. The molecule has 0 atom stereocenters. The van der Waals surface area contributed by atoms with Crippen molar-refractivity contribution < 1.29 is 14.7 Å². The van der Waals surface area contributed by atoms with Gasteiger partial charge in [0.25, 0.3) is 5.91 Å². The minimum atomic E-state index is -0.829. The number of hydrogen-bond acceptors (Lipinski definition) is 4. The van der Waals surface area contributed by atoms with Gasteiger partial charge in [0.05, 0.1) is 17.0 Å². The first-order chi connectivity index (χ1) is 16.8. The Morgan fingerprint density at radius 3 is 2.37 bits per heavy atom. The van der Waals surface area contributed by atoms with Crippen LogP contribution >= 0.6 is 11.6 Å². The van der Waals surface area contributed by atoms with E-state index in [-0.39, 0.29) is 12.3 Å². The summed E-state index contributed by atoms with van der Waals surface area (Å²) in [4.78, 5) is 26.2. The van der Waals surface area contributed by atoms with Gasteiger partial charge in [0.15, 0.2) is 0 Å². The SMILES string of the molecule is CCN(C)Cc1ccc(N/C(=C2\C(=O)Nc3cc(Cl)ccc32)c2ccc(CCC(=O)O)cc2)cc1. The highest BCUT2D eigenvalue weighted by Gasteiger charge is 2.28. The van der Waals surface area contributed by atoms with E-state index in [1.807, 2.05) is 42.5 Å². The van der Waals surface area contributed by atoms with E-state index in [4.69, 9.17) is 16.7 Å².